The maximum Gasteiger partial charge on any atom is 0.239 e. The van der Waals surface area contributed by atoms with Crippen LogP contribution in [-0.2, 0) is 9.84 Å². The Hall–Kier alpha value is -0.930. The van der Waals surface area contributed by atoms with E-state index in [9.17, 15) is 8.42 Å². The Labute approximate surface area is 102 Å². The van der Waals surface area contributed by atoms with E-state index in [0.717, 1.165) is 0 Å². The van der Waals surface area contributed by atoms with Crippen molar-refractivity contribution in [3.05, 3.63) is 10.7 Å². The molecule has 0 unspecified atom stereocenters. The van der Waals surface area contributed by atoms with Gasteiger partial charge in [0.25, 0.3) is 0 Å². The van der Waals surface area contributed by atoms with Crippen molar-refractivity contribution in [1.82, 2.24) is 9.97 Å². The van der Waals surface area contributed by atoms with Crippen molar-refractivity contribution in [3.63, 3.8) is 0 Å². The van der Waals surface area contributed by atoms with Gasteiger partial charge in [0.05, 0.1) is 10.2 Å². The second-order valence-electron chi connectivity index (χ2n) is 3.09. The van der Waals surface area contributed by atoms with Crippen molar-refractivity contribution in [2.75, 3.05) is 29.3 Å². The molecule has 0 aliphatic carbocycles. The molecule has 16 heavy (non-hydrogen) atoms. The topological polar surface area (TPSA) is 110 Å². The summed E-state index contributed by atoms with van der Waals surface area (Å²) < 4.78 is 22.5. The Morgan fingerprint density at radius 1 is 1.56 bits per heavy atom. The molecule has 1 rings (SSSR count). The monoisotopic (exact) mass is 309 g/mol. The fraction of sp³-hybridized carbons (Fsp3) is 0.429. The number of anilines is 2. The van der Waals surface area contributed by atoms with E-state index in [0.29, 0.717) is 10.3 Å². The molecule has 0 saturated heterocycles. The molecule has 0 saturated carbocycles. The Morgan fingerprint density at radius 2 is 2.25 bits per heavy atom. The summed E-state index contributed by atoms with van der Waals surface area (Å²) in [5, 5.41) is 2.87. The molecule has 9 heteroatoms. The first-order valence-corrected chi connectivity index (χ1v) is 7.18. The van der Waals surface area contributed by atoms with Gasteiger partial charge in [0.2, 0.25) is 5.95 Å². The number of nitrogens with zero attached hydrogens (tertiary/aromatic N) is 2. The summed E-state index contributed by atoms with van der Waals surface area (Å²) >= 11 is 3.23. The number of nitrogens with one attached hydrogen (secondary N) is 2. The van der Waals surface area contributed by atoms with Crippen LogP contribution in [0.4, 0.5) is 11.8 Å². The Kier molecular flexibility index (Phi) is 4.44. The highest BCUT2D eigenvalue weighted by Gasteiger charge is 2.06. The van der Waals surface area contributed by atoms with Crippen molar-refractivity contribution < 1.29 is 8.42 Å². The molecule has 1 aromatic rings. The van der Waals surface area contributed by atoms with Crippen LogP contribution in [0.2, 0.25) is 0 Å². The number of aromatic nitrogens is 2. The zero-order valence-electron chi connectivity index (χ0n) is 8.57. The first-order chi connectivity index (χ1) is 7.42. The van der Waals surface area contributed by atoms with Crippen LogP contribution in [0.5, 0.6) is 0 Å². The molecule has 0 bridgehead atoms. The summed E-state index contributed by atoms with van der Waals surface area (Å²) in [6.07, 6.45) is 2.70. The van der Waals surface area contributed by atoms with Gasteiger partial charge in [-0.25, -0.2) is 19.2 Å². The van der Waals surface area contributed by atoms with Crippen LogP contribution in [0, 0.1) is 0 Å². The quantitative estimate of drug-likeness (QED) is 0.518. The van der Waals surface area contributed by atoms with Crippen molar-refractivity contribution in [3.8, 4) is 0 Å². The van der Waals surface area contributed by atoms with E-state index >= 15 is 0 Å². The van der Waals surface area contributed by atoms with Crippen LogP contribution in [-0.4, -0.2) is 36.9 Å². The normalized spacial score (nSPS) is 11.2. The molecule has 0 amide bonds. The molecule has 1 heterocycles. The third kappa shape index (κ3) is 4.29. The van der Waals surface area contributed by atoms with E-state index in [1.807, 2.05) is 0 Å². The van der Waals surface area contributed by atoms with E-state index in [1.165, 1.54) is 12.5 Å². The predicted octanol–water partition coefficient (Wildman–Crippen LogP) is -0.0188. The van der Waals surface area contributed by atoms with Gasteiger partial charge in [-0.3, -0.25) is 5.43 Å². The highest BCUT2D eigenvalue weighted by molar-refractivity contribution is 9.10. The number of nitrogen functional groups attached to an aromatic ring is 1. The van der Waals surface area contributed by atoms with Gasteiger partial charge in [0.1, 0.15) is 15.7 Å². The van der Waals surface area contributed by atoms with Crippen LogP contribution < -0.4 is 16.6 Å². The average Bonchev–Trinajstić information content (AvgIpc) is 2.19. The maximum absolute atomic E-state index is 10.9. The summed E-state index contributed by atoms with van der Waals surface area (Å²) in [4.78, 5) is 7.87. The number of sulfone groups is 1. The molecular formula is C7H12BrN5O2S. The van der Waals surface area contributed by atoms with Crippen LogP contribution in [0.25, 0.3) is 0 Å². The first kappa shape index (κ1) is 13.1. The summed E-state index contributed by atoms with van der Waals surface area (Å²) in [7, 11) is -2.98. The van der Waals surface area contributed by atoms with Gasteiger partial charge in [-0.05, 0) is 15.9 Å². The second kappa shape index (κ2) is 5.41. The van der Waals surface area contributed by atoms with Gasteiger partial charge < -0.3 is 5.32 Å². The van der Waals surface area contributed by atoms with Crippen molar-refractivity contribution in [2.45, 2.75) is 0 Å². The van der Waals surface area contributed by atoms with Gasteiger partial charge >= 0.3 is 0 Å². The van der Waals surface area contributed by atoms with Crippen LogP contribution in [0.1, 0.15) is 0 Å². The second-order valence-corrected chi connectivity index (χ2v) is 6.21. The number of halogens is 1. The molecule has 0 aliphatic rings. The highest BCUT2D eigenvalue weighted by atomic mass is 79.9. The predicted molar refractivity (Wildman–Crippen MR) is 65.7 cm³/mol. The number of hydrazine groups is 1. The molecule has 0 fully saturated rings. The fourth-order valence-corrected chi connectivity index (χ4v) is 1.72. The number of rotatable bonds is 5. The minimum absolute atomic E-state index is 0.0365. The van der Waals surface area contributed by atoms with Crippen LogP contribution >= 0.6 is 15.9 Å². The van der Waals surface area contributed by atoms with Crippen molar-refractivity contribution in [1.29, 1.82) is 0 Å². The van der Waals surface area contributed by atoms with Gasteiger partial charge in [-0.1, -0.05) is 0 Å². The molecule has 4 N–H and O–H groups in total. The van der Waals surface area contributed by atoms with Gasteiger partial charge in [0.15, 0.2) is 0 Å². The Balaban J connectivity index is 2.66. The fourth-order valence-electron chi connectivity index (χ4n) is 0.915. The minimum Gasteiger partial charge on any atom is -0.368 e. The van der Waals surface area contributed by atoms with Crippen LogP contribution in [0.15, 0.2) is 10.7 Å². The van der Waals surface area contributed by atoms with Gasteiger partial charge in [-0.15, -0.1) is 0 Å². The molecule has 0 spiro atoms. The summed E-state index contributed by atoms with van der Waals surface area (Å²) in [5.74, 6) is 5.94. The molecule has 0 radical (unpaired) electrons. The summed E-state index contributed by atoms with van der Waals surface area (Å²) in [6, 6.07) is 0. The summed E-state index contributed by atoms with van der Waals surface area (Å²) in [5.41, 5.74) is 2.30. The average molecular weight is 310 g/mol. The third-order valence-corrected chi connectivity index (χ3v) is 3.16. The number of hydrogen-bond donors (Lipinski definition) is 3. The lowest BCUT2D eigenvalue weighted by Crippen LogP contribution is -2.16. The SMILES string of the molecule is CS(=O)(=O)CCNc1nc(NN)ncc1Br. The van der Waals surface area contributed by atoms with Gasteiger partial charge in [0, 0.05) is 19.0 Å². The largest absolute Gasteiger partial charge is 0.368 e. The standard InChI is InChI=1S/C7H12BrN5O2S/c1-16(14,15)3-2-10-6-5(8)4-11-7(12-6)13-9/h4H,2-3,9H2,1H3,(H2,10,11,12,13). The smallest absolute Gasteiger partial charge is 0.239 e. The third-order valence-electron chi connectivity index (χ3n) is 1.64. The lowest BCUT2D eigenvalue weighted by molar-refractivity contribution is 0.602. The molecular weight excluding hydrogens is 298 g/mol. The molecule has 0 aromatic carbocycles. The molecule has 90 valence electrons. The van der Waals surface area contributed by atoms with E-state index in [1.54, 1.807) is 0 Å². The Bertz CT molecular complexity index is 464. The lowest BCUT2D eigenvalue weighted by atomic mass is 10.5. The van der Waals surface area contributed by atoms with E-state index in [-0.39, 0.29) is 18.2 Å². The molecule has 0 aliphatic heterocycles. The molecule has 0 atom stereocenters. The minimum atomic E-state index is -2.98. The lowest BCUT2D eigenvalue weighted by Gasteiger charge is -2.07. The zero-order valence-corrected chi connectivity index (χ0v) is 11.0. The maximum atomic E-state index is 10.9. The molecule has 7 nitrogen and oxygen atoms in total. The number of nitrogens with two attached hydrogens (primary N) is 1. The van der Waals surface area contributed by atoms with Crippen molar-refractivity contribution in [2.24, 2.45) is 5.84 Å². The van der Waals surface area contributed by atoms with E-state index < -0.39 is 9.84 Å². The zero-order chi connectivity index (χ0) is 12.2. The van der Waals surface area contributed by atoms with Crippen LogP contribution in [0.3, 0.4) is 0 Å². The van der Waals surface area contributed by atoms with E-state index in [4.69, 9.17) is 5.84 Å². The number of hydrogen-bond acceptors (Lipinski definition) is 7. The van der Waals surface area contributed by atoms with Crippen molar-refractivity contribution >= 4 is 37.5 Å². The van der Waals surface area contributed by atoms with E-state index in [2.05, 4.69) is 36.6 Å². The Morgan fingerprint density at radius 3 is 2.81 bits per heavy atom. The molecule has 1 aromatic heterocycles. The van der Waals surface area contributed by atoms with Gasteiger partial charge in [-0.2, -0.15) is 4.98 Å². The summed E-state index contributed by atoms with van der Waals surface area (Å²) in [6.45, 7) is 0.276. The highest BCUT2D eigenvalue weighted by Crippen LogP contribution is 2.19. The first-order valence-electron chi connectivity index (χ1n) is 4.33.